The van der Waals surface area contributed by atoms with Gasteiger partial charge < -0.3 is 14.5 Å². The molecule has 3 rings (SSSR count). The zero-order valence-electron chi connectivity index (χ0n) is 13.3. The maximum Gasteiger partial charge on any atom is 0.417 e. The summed E-state index contributed by atoms with van der Waals surface area (Å²) in [6.07, 6.45) is 1.05. The molecule has 0 atom stereocenters. The zero-order valence-corrected chi connectivity index (χ0v) is 13.3. The number of amides is 1. The standard InChI is InChI=1S/C18H18N2O4/c1-23-14-4-2-3-12(9-14)6-8-17(21)19-11-13-5-7-15-16(10-13)24-18(22)20-15/h2-5,7,9-10H,6,8,11H2,1H3,(H,19,21)(H,20,22). The van der Waals surface area contributed by atoms with Crippen LogP contribution in [-0.2, 0) is 17.8 Å². The van der Waals surface area contributed by atoms with Gasteiger partial charge in [0.1, 0.15) is 5.75 Å². The van der Waals surface area contributed by atoms with Crippen LogP contribution >= 0.6 is 0 Å². The fourth-order valence-electron chi connectivity index (χ4n) is 2.47. The summed E-state index contributed by atoms with van der Waals surface area (Å²) in [5.74, 6) is 0.270. The summed E-state index contributed by atoms with van der Waals surface area (Å²) in [6, 6.07) is 13.0. The van der Waals surface area contributed by atoms with E-state index in [-0.39, 0.29) is 5.91 Å². The lowest BCUT2D eigenvalue weighted by Crippen LogP contribution is -2.22. The van der Waals surface area contributed by atoms with Gasteiger partial charge in [-0.25, -0.2) is 4.79 Å². The van der Waals surface area contributed by atoms with Crippen molar-refractivity contribution in [3.63, 3.8) is 0 Å². The van der Waals surface area contributed by atoms with E-state index in [1.165, 1.54) is 0 Å². The average Bonchev–Trinajstić information content (AvgIpc) is 2.97. The number of aromatic nitrogens is 1. The Morgan fingerprint density at radius 1 is 1.21 bits per heavy atom. The summed E-state index contributed by atoms with van der Waals surface area (Å²) in [7, 11) is 1.62. The van der Waals surface area contributed by atoms with Crippen molar-refractivity contribution in [1.82, 2.24) is 10.3 Å². The Labute approximate surface area is 138 Å². The van der Waals surface area contributed by atoms with Gasteiger partial charge in [-0.1, -0.05) is 18.2 Å². The highest BCUT2D eigenvalue weighted by atomic mass is 16.5. The fourth-order valence-corrected chi connectivity index (χ4v) is 2.47. The molecule has 1 aromatic heterocycles. The Morgan fingerprint density at radius 3 is 2.92 bits per heavy atom. The van der Waals surface area contributed by atoms with Crippen LogP contribution in [0.5, 0.6) is 5.75 Å². The lowest BCUT2D eigenvalue weighted by Gasteiger charge is -2.06. The van der Waals surface area contributed by atoms with Crippen LogP contribution in [0.15, 0.2) is 51.7 Å². The van der Waals surface area contributed by atoms with E-state index in [0.717, 1.165) is 16.9 Å². The number of hydrogen-bond donors (Lipinski definition) is 2. The first-order chi connectivity index (χ1) is 11.6. The summed E-state index contributed by atoms with van der Waals surface area (Å²) in [5.41, 5.74) is 3.07. The minimum absolute atomic E-state index is 0.0339. The molecule has 3 aromatic rings. The number of oxazole rings is 1. The number of methoxy groups -OCH3 is 1. The SMILES string of the molecule is COc1cccc(CCC(=O)NCc2ccc3[nH]c(=O)oc3c2)c1. The summed E-state index contributed by atoms with van der Waals surface area (Å²) in [5, 5.41) is 2.87. The topological polar surface area (TPSA) is 84.3 Å². The van der Waals surface area contributed by atoms with Gasteiger partial charge >= 0.3 is 5.76 Å². The highest BCUT2D eigenvalue weighted by molar-refractivity contribution is 5.77. The predicted octanol–water partition coefficient (Wildman–Crippen LogP) is 2.38. The van der Waals surface area contributed by atoms with E-state index < -0.39 is 5.76 Å². The smallest absolute Gasteiger partial charge is 0.417 e. The van der Waals surface area contributed by atoms with E-state index in [9.17, 15) is 9.59 Å². The molecule has 0 radical (unpaired) electrons. The molecule has 0 bridgehead atoms. The van der Waals surface area contributed by atoms with E-state index in [2.05, 4.69) is 10.3 Å². The molecular weight excluding hydrogens is 308 g/mol. The Hall–Kier alpha value is -3.02. The van der Waals surface area contributed by atoms with Crippen LogP contribution < -0.4 is 15.8 Å². The third kappa shape index (κ3) is 3.84. The van der Waals surface area contributed by atoms with Crippen LogP contribution in [0.3, 0.4) is 0 Å². The van der Waals surface area contributed by atoms with Gasteiger partial charge in [-0.05, 0) is 41.8 Å². The first kappa shape index (κ1) is 15.9. The number of carbonyl (C=O) groups is 1. The second kappa shape index (κ2) is 7.04. The van der Waals surface area contributed by atoms with Crippen molar-refractivity contribution in [3.8, 4) is 5.75 Å². The molecule has 1 amide bonds. The quantitative estimate of drug-likeness (QED) is 0.728. The summed E-state index contributed by atoms with van der Waals surface area (Å²) in [4.78, 5) is 25.7. The van der Waals surface area contributed by atoms with Crippen molar-refractivity contribution in [2.45, 2.75) is 19.4 Å². The van der Waals surface area contributed by atoms with E-state index in [0.29, 0.717) is 30.5 Å². The van der Waals surface area contributed by atoms with E-state index in [4.69, 9.17) is 9.15 Å². The molecule has 0 unspecified atom stereocenters. The molecule has 0 saturated heterocycles. The van der Waals surface area contributed by atoms with Crippen molar-refractivity contribution < 1.29 is 13.9 Å². The van der Waals surface area contributed by atoms with Crippen molar-refractivity contribution in [2.75, 3.05) is 7.11 Å². The van der Waals surface area contributed by atoms with E-state index >= 15 is 0 Å². The number of H-pyrrole nitrogens is 1. The summed E-state index contributed by atoms with van der Waals surface area (Å²) < 4.78 is 10.2. The Bertz CT molecular complexity index is 911. The molecule has 0 aliphatic heterocycles. The van der Waals surface area contributed by atoms with Crippen LogP contribution in [0.1, 0.15) is 17.5 Å². The zero-order chi connectivity index (χ0) is 16.9. The first-order valence-corrected chi connectivity index (χ1v) is 7.65. The van der Waals surface area contributed by atoms with Crippen LogP contribution in [0, 0.1) is 0 Å². The Kier molecular flexibility index (Phi) is 4.65. The summed E-state index contributed by atoms with van der Waals surface area (Å²) in [6.45, 7) is 0.391. The molecule has 0 aliphatic rings. The third-order valence-corrected chi connectivity index (χ3v) is 3.75. The van der Waals surface area contributed by atoms with Crippen molar-refractivity contribution in [3.05, 3.63) is 64.1 Å². The molecule has 2 N–H and O–H groups in total. The number of rotatable bonds is 6. The van der Waals surface area contributed by atoms with E-state index in [1.54, 1.807) is 19.2 Å². The Balaban J connectivity index is 1.53. The maximum absolute atomic E-state index is 12.0. The monoisotopic (exact) mass is 326 g/mol. The highest BCUT2D eigenvalue weighted by Crippen LogP contribution is 2.14. The molecule has 2 aromatic carbocycles. The number of hydrogen-bond acceptors (Lipinski definition) is 4. The molecule has 6 heteroatoms. The number of benzene rings is 2. The molecule has 24 heavy (non-hydrogen) atoms. The number of fused-ring (bicyclic) bond motifs is 1. The van der Waals surface area contributed by atoms with Gasteiger partial charge in [0.05, 0.1) is 12.6 Å². The van der Waals surface area contributed by atoms with E-state index in [1.807, 2.05) is 30.3 Å². The number of carbonyl (C=O) groups excluding carboxylic acids is 1. The average molecular weight is 326 g/mol. The van der Waals surface area contributed by atoms with Gasteiger partial charge in [0.25, 0.3) is 0 Å². The lowest BCUT2D eigenvalue weighted by atomic mass is 10.1. The largest absolute Gasteiger partial charge is 0.497 e. The van der Waals surface area contributed by atoms with Gasteiger partial charge in [-0.2, -0.15) is 0 Å². The minimum atomic E-state index is -0.482. The summed E-state index contributed by atoms with van der Waals surface area (Å²) >= 11 is 0. The maximum atomic E-state index is 12.0. The number of nitrogens with one attached hydrogen (secondary N) is 2. The van der Waals surface area contributed by atoms with Crippen LogP contribution in [-0.4, -0.2) is 18.0 Å². The van der Waals surface area contributed by atoms with Gasteiger partial charge in [-0.3, -0.25) is 9.78 Å². The number of ether oxygens (including phenoxy) is 1. The second-order valence-corrected chi connectivity index (χ2v) is 5.47. The predicted molar refractivity (Wildman–Crippen MR) is 90.0 cm³/mol. The van der Waals surface area contributed by atoms with Gasteiger partial charge in [0.15, 0.2) is 5.58 Å². The normalized spacial score (nSPS) is 10.7. The van der Waals surface area contributed by atoms with Crippen molar-refractivity contribution in [2.24, 2.45) is 0 Å². The Morgan fingerprint density at radius 2 is 2.08 bits per heavy atom. The first-order valence-electron chi connectivity index (χ1n) is 7.65. The lowest BCUT2D eigenvalue weighted by molar-refractivity contribution is -0.121. The second-order valence-electron chi connectivity index (χ2n) is 5.47. The molecule has 0 fully saturated rings. The van der Waals surface area contributed by atoms with Crippen molar-refractivity contribution >= 4 is 17.0 Å². The molecule has 0 saturated carbocycles. The molecule has 1 heterocycles. The van der Waals surface area contributed by atoms with Gasteiger partial charge in [0, 0.05) is 13.0 Å². The number of aryl methyl sites for hydroxylation is 1. The van der Waals surface area contributed by atoms with Gasteiger partial charge in [-0.15, -0.1) is 0 Å². The van der Waals surface area contributed by atoms with Gasteiger partial charge in [0.2, 0.25) is 5.91 Å². The third-order valence-electron chi connectivity index (χ3n) is 3.75. The fraction of sp³-hybridized carbons (Fsp3) is 0.222. The highest BCUT2D eigenvalue weighted by Gasteiger charge is 2.05. The molecule has 0 spiro atoms. The molecule has 0 aliphatic carbocycles. The minimum Gasteiger partial charge on any atom is -0.497 e. The molecule has 6 nitrogen and oxygen atoms in total. The van der Waals surface area contributed by atoms with Crippen molar-refractivity contribution in [1.29, 1.82) is 0 Å². The molecular formula is C18H18N2O4. The van der Waals surface area contributed by atoms with Crippen LogP contribution in [0.2, 0.25) is 0 Å². The number of aromatic amines is 1. The van der Waals surface area contributed by atoms with Crippen LogP contribution in [0.4, 0.5) is 0 Å². The van der Waals surface area contributed by atoms with Crippen LogP contribution in [0.25, 0.3) is 11.1 Å². The molecule has 124 valence electrons.